The Morgan fingerprint density at radius 1 is 0.971 bits per heavy atom. The number of anilines is 1. The van der Waals surface area contributed by atoms with E-state index in [1.165, 1.54) is 29.2 Å². The van der Waals surface area contributed by atoms with E-state index in [4.69, 9.17) is 4.42 Å². The van der Waals surface area contributed by atoms with Gasteiger partial charge >= 0.3 is 0 Å². The first-order valence-corrected chi connectivity index (χ1v) is 11.9. The minimum Gasteiger partial charge on any atom is -0.450 e. The van der Waals surface area contributed by atoms with Gasteiger partial charge in [0.2, 0.25) is 5.13 Å². The summed E-state index contributed by atoms with van der Waals surface area (Å²) in [5.41, 5.74) is 0.816. The lowest BCUT2D eigenvalue weighted by Gasteiger charge is -2.04. The zero-order valence-corrected chi connectivity index (χ0v) is 19.3. The van der Waals surface area contributed by atoms with Crippen LogP contribution in [-0.4, -0.2) is 16.1 Å². The molecule has 0 aliphatic carbocycles. The molecule has 1 amide bonds. The first-order chi connectivity index (χ1) is 16.7. The fourth-order valence-corrected chi connectivity index (χ4v) is 4.96. The Morgan fingerprint density at radius 3 is 2.62 bits per heavy atom. The van der Waals surface area contributed by atoms with Gasteiger partial charge in [0.15, 0.2) is 5.09 Å². The molecule has 0 fully saturated rings. The molecule has 0 spiro atoms. The van der Waals surface area contributed by atoms with Crippen LogP contribution in [0, 0.1) is 11.3 Å². The van der Waals surface area contributed by atoms with Crippen LogP contribution in [0.4, 0.5) is 5.13 Å². The van der Waals surface area contributed by atoms with Crippen molar-refractivity contribution in [3.8, 4) is 16.6 Å². The summed E-state index contributed by atoms with van der Waals surface area (Å²) < 4.78 is 5.86. The number of hydrogen-bond acceptors (Lipinski definition) is 7. The third-order valence-electron chi connectivity index (χ3n) is 4.88. The third kappa shape index (κ3) is 4.76. The van der Waals surface area contributed by atoms with Crippen LogP contribution in [0.1, 0.15) is 5.76 Å². The van der Waals surface area contributed by atoms with Gasteiger partial charge in [-0.2, -0.15) is 5.26 Å². The molecule has 5 rings (SSSR count). The van der Waals surface area contributed by atoms with Gasteiger partial charge in [-0.05, 0) is 29.0 Å². The van der Waals surface area contributed by atoms with E-state index >= 15 is 0 Å². The number of amides is 1. The quantitative estimate of drug-likeness (QED) is 0.216. The predicted octanol–water partition coefficient (Wildman–Crippen LogP) is 6.65. The number of carbonyl (C=O) groups is 1. The molecule has 8 heteroatoms. The summed E-state index contributed by atoms with van der Waals surface area (Å²) >= 11 is 2.73. The Bertz CT molecular complexity index is 1540. The van der Waals surface area contributed by atoms with Crippen molar-refractivity contribution in [2.75, 3.05) is 5.32 Å². The molecule has 5 aromatic rings. The monoisotopic (exact) mass is 480 g/mol. The number of hydrogen-bond donors (Lipinski definition) is 1. The molecule has 0 bridgehead atoms. The molecule has 0 saturated heterocycles. The second-order valence-electron chi connectivity index (χ2n) is 7.14. The third-order valence-corrected chi connectivity index (χ3v) is 6.76. The lowest BCUT2D eigenvalue weighted by Crippen LogP contribution is -2.13. The maximum absolute atomic E-state index is 12.6. The molecule has 164 valence electrons. The van der Waals surface area contributed by atoms with Crippen molar-refractivity contribution in [2.45, 2.75) is 9.99 Å². The molecule has 0 radical (unpaired) electrons. The number of aromatic nitrogens is 2. The smallest absolute Gasteiger partial charge is 0.268 e. The van der Waals surface area contributed by atoms with Gasteiger partial charge in [-0.1, -0.05) is 89.8 Å². The lowest BCUT2D eigenvalue weighted by atomic mass is 10.1. The van der Waals surface area contributed by atoms with Crippen LogP contribution < -0.4 is 5.32 Å². The highest BCUT2D eigenvalue weighted by molar-refractivity contribution is 7.99. The van der Waals surface area contributed by atoms with Gasteiger partial charge in [0.25, 0.3) is 5.91 Å². The van der Waals surface area contributed by atoms with Crippen LogP contribution in [-0.2, 0) is 4.79 Å². The highest BCUT2D eigenvalue weighted by atomic mass is 32.2. The van der Waals surface area contributed by atoms with E-state index in [1.54, 1.807) is 6.07 Å². The molecule has 3 aromatic carbocycles. The number of nitriles is 1. The number of nitrogens with one attached hydrogen (secondary N) is 1. The summed E-state index contributed by atoms with van der Waals surface area (Å²) in [7, 11) is 0. The average Bonchev–Trinajstić information content (AvgIpc) is 3.53. The van der Waals surface area contributed by atoms with Crippen LogP contribution in [0.5, 0.6) is 0 Å². The van der Waals surface area contributed by atoms with Crippen molar-refractivity contribution >= 4 is 51.0 Å². The largest absolute Gasteiger partial charge is 0.450 e. The van der Waals surface area contributed by atoms with Crippen molar-refractivity contribution in [3.05, 3.63) is 96.3 Å². The van der Waals surface area contributed by atoms with Crippen molar-refractivity contribution in [1.82, 2.24) is 10.2 Å². The summed E-state index contributed by atoms with van der Waals surface area (Å²) in [6, 6.07) is 29.3. The number of furan rings is 1. The molecule has 0 atom stereocenters. The van der Waals surface area contributed by atoms with Gasteiger partial charge in [-0.3, -0.25) is 10.1 Å². The summed E-state index contributed by atoms with van der Waals surface area (Å²) in [5.74, 6) is -0.158. The molecule has 34 heavy (non-hydrogen) atoms. The summed E-state index contributed by atoms with van der Waals surface area (Å²) in [4.78, 5) is 13.7. The van der Waals surface area contributed by atoms with E-state index in [2.05, 4.69) is 33.7 Å². The number of benzene rings is 3. The second-order valence-corrected chi connectivity index (χ2v) is 9.16. The van der Waals surface area contributed by atoms with Gasteiger partial charge in [0, 0.05) is 16.5 Å². The van der Waals surface area contributed by atoms with Crippen LogP contribution in [0.25, 0.3) is 27.4 Å². The molecular formula is C26H16N4O2S2. The molecule has 0 unspecified atom stereocenters. The Balaban J connectivity index is 1.30. The molecule has 0 aliphatic rings. The van der Waals surface area contributed by atoms with E-state index in [1.807, 2.05) is 66.7 Å². The van der Waals surface area contributed by atoms with Crippen molar-refractivity contribution in [3.63, 3.8) is 0 Å². The molecule has 6 nitrogen and oxygen atoms in total. The van der Waals surface area contributed by atoms with Gasteiger partial charge in [0.05, 0.1) is 0 Å². The summed E-state index contributed by atoms with van der Waals surface area (Å²) in [6.07, 6.45) is 1.42. The minimum atomic E-state index is -0.571. The highest BCUT2D eigenvalue weighted by Crippen LogP contribution is 2.35. The van der Waals surface area contributed by atoms with Crippen LogP contribution in [0.3, 0.4) is 0 Å². The average molecular weight is 481 g/mol. The lowest BCUT2D eigenvalue weighted by molar-refractivity contribution is -0.112. The number of nitrogens with zero attached hydrogens (tertiary/aromatic N) is 3. The highest BCUT2D eigenvalue weighted by Gasteiger charge is 2.15. The van der Waals surface area contributed by atoms with E-state index in [0.717, 1.165) is 21.2 Å². The second kappa shape index (κ2) is 9.75. The molecule has 0 saturated carbocycles. The maximum Gasteiger partial charge on any atom is 0.268 e. The number of carbonyl (C=O) groups excluding carboxylic acids is 1. The van der Waals surface area contributed by atoms with Crippen molar-refractivity contribution in [2.24, 2.45) is 0 Å². The first kappa shape index (κ1) is 21.6. The van der Waals surface area contributed by atoms with Crippen LogP contribution >= 0.6 is 23.1 Å². The Labute approximate surface area is 203 Å². The Hall–Kier alpha value is -4.19. The zero-order valence-electron chi connectivity index (χ0n) is 17.6. The van der Waals surface area contributed by atoms with Gasteiger partial charge in [-0.25, -0.2) is 0 Å². The topological polar surface area (TPSA) is 91.8 Å². The van der Waals surface area contributed by atoms with E-state index in [9.17, 15) is 10.1 Å². The van der Waals surface area contributed by atoms with Crippen LogP contribution in [0.15, 0.2) is 105 Å². The Kier molecular flexibility index (Phi) is 6.21. The van der Waals surface area contributed by atoms with E-state index in [-0.39, 0.29) is 5.57 Å². The number of rotatable bonds is 6. The minimum absolute atomic E-state index is 0.0903. The summed E-state index contributed by atoms with van der Waals surface area (Å²) in [6.45, 7) is 0. The fraction of sp³-hybridized carbons (Fsp3) is 0. The molecule has 0 aliphatic heterocycles. The zero-order chi connectivity index (χ0) is 23.3. The SMILES string of the molecule is N#C/C(=C/c1ccc(Sc2cccc3ccccc23)o1)C(=O)Nc1nnc(-c2ccccc2)s1. The standard InChI is InChI=1S/C26H16N4O2S2/c27-16-19(24(31)28-26-30-29-25(34-26)18-8-2-1-3-9-18)15-20-13-14-23(32-20)33-22-12-6-10-17-7-4-5-11-21(17)22/h1-15H,(H,28,30,31)/b19-15-. The molecular weight excluding hydrogens is 464 g/mol. The Morgan fingerprint density at radius 2 is 1.76 bits per heavy atom. The van der Waals surface area contributed by atoms with Gasteiger partial charge < -0.3 is 4.42 Å². The molecule has 1 N–H and O–H groups in total. The van der Waals surface area contributed by atoms with Gasteiger partial charge in [0.1, 0.15) is 22.4 Å². The number of fused-ring (bicyclic) bond motifs is 1. The van der Waals surface area contributed by atoms with E-state index in [0.29, 0.717) is 21.0 Å². The van der Waals surface area contributed by atoms with Crippen LogP contribution in [0.2, 0.25) is 0 Å². The van der Waals surface area contributed by atoms with Crippen molar-refractivity contribution in [1.29, 1.82) is 5.26 Å². The molecule has 2 heterocycles. The summed E-state index contributed by atoms with van der Waals surface area (Å²) in [5, 5.41) is 24.2. The van der Waals surface area contributed by atoms with Gasteiger partial charge in [-0.15, -0.1) is 10.2 Å². The maximum atomic E-state index is 12.6. The van der Waals surface area contributed by atoms with E-state index < -0.39 is 5.91 Å². The fourth-order valence-electron chi connectivity index (χ4n) is 3.29. The molecule has 2 aromatic heterocycles. The normalized spacial score (nSPS) is 11.3. The first-order valence-electron chi connectivity index (χ1n) is 10.3. The van der Waals surface area contributed by atoms with Crippen molar-refractivity contribution < 1.29 is 9.21 Å². The predicted molar refractivity (Wildman–Crippen MR) is 134 cm³/mol.